The van der Waals surface area contributed by atoms with Gasteiger partial charge in [-0.3, -0.25) is 4.79 Å². The first-order valence-corrected chi connectivity index (χ1v) is 12.4. The van der Waals surface area contributed by atoms with Crippen LogP contribution in [0.3, 0.4) is 0 Å². The lowest BCUT2D eigenvalue weighted by Crippen LogP contribution is -2.53. The summed E-state index contributed by atoms with van der Waals surface area (Å²) in [6, 6.07) is 10.9. The molecule has 3 aliphatic rings. The van der Waals surface area contributed by atoms with E-state index in [9.17, 15) is 17.6 Å². The Morgan fingerprint density at radius 2 is 1.88 bits per heavy atom. The minimum absolute atomic E-state index is 0.00306. The van der Waals surface area contributed by atoms with Crippen LogP contribution < -0.4 is 21.5 Å². The molecule has 0 spiro atoms. The summed E-state index contributed by atoms with van der Waals surface area (Å²) in [5, 5.41) is 11.4. The molecular formula is C23H27FN4O3S. The third-order valence-electron chi connectivity index (χ3n) is 7.44. The Balaban J connectivity index is 1.22. The van der Waals surface area contributed by atoms with Crippen LogP contribution in [0.1, 0.15) is 18.9 Å². The smallest absolute Gasteiger partial charge is 0.238 e. The van der Waals surface area contributed by atoms with Gasteiger partial charge in [-0.05, 0) is 65.0 Å². The van der Waals surface area contributed by atoms with Crippen LogP contribution in [0.4, 0.5) is 4.39 Å². The summed E-state index contributed by atoms with van der Waals surface area (Å²) in [5.41, 5.74) is 7.79. The summed E-state index contributed by atoms with van der Waals surface area (Å²) < 4.78 is 37.5. The number of carbonyl (C=O) groups excluding carboxylic acids is 1. The molecule has 2 aromatic carbocycles. The van der Waals surface area contributed by atoms with Crippen LogP contribution in [0.25, 0.3) is 11.1 Å². The molecule has 2 saturated carbocycles. The molecule has 1 amide bonds. The van der Waals surface area contributed by atoms with E-state index in [1.54, 1.807) is 24.3 Å². The summed E-state index contributed by atoms with van der Waals surface area (Å²) in [7, 11) is -3.78. The number of nitrogens with one attached hydrogen (secondary N) is 2. The average Bonchev–Trinajstić information content (AvgIpc) is 3.09. The van der Waals surface area contributed by atoms with Gasteiger partial charge in [0.1, 0.15) is 5.82 Å². The number of rotatable bonds is 6. The number of benzene rings is 2. The third-order valence-corrected chi connectivity index (χ3v) is 8.37. The van der Waals surface area contributed by atoms with Gasteiger partial charge in [-0.25, -0.2) is 17.9 Å². The topological polar surface area (TPSA) is 127 Å². The van der Waals surface area contributed by atoms with Gasteiger partial charge in [0.15, 0.2) is 0 Å². The third kappa shape index (κ3) is 3.73. The molecule has 6 N–H and O–H groups in total. The van der Waals surface area contributed by atoms with Gasteiger partial charge in [-0.2, -0.15) is 0 Å². The van der Waals surface area contributed by atoms with Crippen molar-refractivity contribution < 1.29 is 17.6 Å². The Bertz CT molecular complexity index is 1170. The van der Waals surface area contributed by atoms with Crippen molar-refractivity contribution in [2.24, 2.45) is 34.5 Å². The van der Waals surface area contributed by atoms with Crippen LogP contribution >= 0.6 is 0 Å². The molecule has 2 aromatic rings. The Morgan fingerprint density at radius 3 is 2.50 bits per heavy atom. The highest BCUT2D eigenvalue weighted by Crippen LogP contribution is 2.64. The molecule has 1 saturated heterocycles. The van der Waals surface area contributed by atoms with Crippen molar-refractivity contribution in [2.75, 3.05) is 0 Å². The molecular weight excluding hydrogens is 431 g/mol. The summed E-state index contributed by atoms with van der Waals surface area (Å²) in [6.45, 7) is 2.25. The van der Waals surface area contributed by atoms with E-state index < -0.39 is 22.0 Å². The zero-order valence-electron chi connectivity index (χ0n) is 17.7. The molecule has 5 rings (SSSR count). The molecule has 32 heavy (non-hydrogen) atoms. The van der Waals surface area contributed by atoms with E-state index in [0.29, 0.717) is 40.5 Å². The maximum Gasteiger partial charge on any atom is 0.238 e. The van der Waals surface area contributed by atoms with Crippen LogP contribution in [0, 0.1) is 29.5 Å². The normalized spacial score (nSPS) is 31.2. The van der Waals surface area contributed by atoms with Gasteiger partial charge in [-0.15, -0.1) is 0 Å². The molecule has 0 radical (unpaired) electrons. The standard InChI is InChI=1S/C23H27FN4O3S/c1-11-20-16-10-18(21(11)20)27-22(16)23(29)28-19(25)9-14-3-2-13(8-17(14)24)12-4-6-15(7-5-12)32(26,30)31/h2-8,11,16,18-22,27H,9-10,25H2,1H3,(H,28,29)(H2,26,30,31)/t11-,16+,18-,19-,20-,21+,22-/m0/s1. The number of amides is 1. The summed E-state index contributed by atoms with van der Waals surface area (Å²) in [4.78, 5) is 12.7. The highest BCUT2D eigenvalue weighted by Gasteiger charge is 2.67. The molecule has 7 nitrogen and oxygen atoms in total. The monoisotopic (exact) mass is 458 g/mol. The van der Waals surface area contributed by atoms with E-state index in [1.165, 1.54) is 18.2 Å². The fourth-order valence-electron chi connectivity index (χ4n) is 5.90. The second-order valence-corrected chi connectivity index (χ2v) is 10.9. The van der Waals surface area contributed by atoms with E-state index >= 15 is 0 Å². The number of carbonyl (C=O) groups is 1. The van der Waals surface area contributed by atoms with Crippen molar-refractivity contribution in [1.29, 1.82) is 0 Å². The number of hydrogen-bond donors (Lipinski definition) is 4. The van der Waals surface area contributed by atoms with Crippen LogP contribution in [0.15, 0.2) is 47.4 Å². The van der Waals surface area contributed by atoms with Crippen molar-refractivity contribution in [3.63, 3.8) is 0 Å². The molecule has 3 fully saturated rings. The van der Waals surface area contributed by atoms with Gasteiger partial charge in [0.2, 0.25) is 15.9 Å². The van der Waals surface area contributed by atoms with Gasteiger partial charge < -0.3 is 16.4 Å². The van der Waals surface area contributed by atoms with Gasteiger partial charge in [-0.1, -0.05) is 31.2 Å². The fourth-order valence-corrected chi connectivity index (χ4v) is 6.41. The van der Waals surface area contributed by atoms with E-state index in [2.05, 4.69) is 17.6 Å². The molecule has 170 valence electrons. The Kier molecular flexibility index (Phi) is 5.12. The first-order valence-electron chi connectivity index (χ1n) is 10.9. The number of fused-ring (bicyclic) bond motifs is 5. The zero-order valence-corrected chi connectivity index (χ0v) is 18.5. The Morgan fingerprint density at radius 1 is 1.19 bits per heavy atom. The molecule has 1 heterocycles. The predicted octanol–water partition coefficient (Wildman–Crippen LogP) is 1.33. The number of piperidine rings is 1. The lowest BCUT2D eigenvalue weighted by Gasteiger charge is -2.24. The van der Waals surface area contributed by atoms with Crippen LogP contribution in [0.2, 0.25) is 0 Å². The first kappa shape index (κ1) is 21.5. The highest BCUT2D eigenvalue weighted by atomic mass is 32.2. The lowest BCUT2D eigenvalue weighted by molar-refractivity contribution is -0.124. The lowest BCUT2D eigenvalue weighted by atomic mass is 9.95. The predicted molar refractivity (Wildman–Crippen MR) is 118 cm³/mol. The largest absolute Gasteiger partial charge is 0.339 e. The second kappa shape index (κ2) is 7.62. The molecule has 2 bridgehead atoms. The zero-order chi connectivity index (χ0) is 22.8. The molecule has 7 atom stereocenters. The summed E-state index contributed by atoms with van der Waals surface area (Å²) in [5.74, 6) is 1.91. The maximum atomic E-state index is 14.7. The summed E-state index contributed by atoms with van der Waals surface area (Å²) in [6.07, 6.45) is 0.539. The van der Waals surface area contributed by atoms with Crippen molar-refractivity contribution in [3.8, 4) is 11.1 Å². The van der Waals surface area contributed by atoms with E-state index in [1.807, 2.05) is 0 Å². The van der Waals surface area contributed by atoms with Gasteiger partial charge >= 0.3 is 0 Å². The highest BCUT2D eigenvalue weighted by molar-refractivity contribution is 7.89. The molecule has 2 aliphatic carbocycles. The quantitative estimate of drug-likeness (QED) is 0.486. The van der Waals surface area contributed by atoms with Crippen molar-refractivity contribution >= 4 is 15.9 Å². The van der Waals surface area contributed by atoms with Crippen LogP contribution in [0.5, 0.6) is 0 Å². The average molecular weight is 459 g/mol. The maximum absolute atomic E-state index is 14.7. The molecule has 1 aliphatic heterocycles. The number of primary sulfonamides is 1. The number of hydrogen-bond acceptors (Lipinski definition) is 5. The molecule has 0 aromatic heterocycles. The Hall–Kier alpha value is -2.33. The van der Waals surface area contributed by atoms with E-state index in [4.69, 9.17) is 10.9 Å². The van der Waals surface area contributed by atoms with Crippen LogP contribution in [-0.2, 0) is 21.2 Å². The second-order valence-electron chi connectivity index (χ2n) is 9.36. The summed E-state index contributed by atoms with van der Waals surface area (Å²) >= 11 is 0. The molecule has 9 heteroatoms. The SMILES string of the molecule is C[C@H]1[C@H]2[C@H]3C[C@H](N[C@@H]3C(=O)N[C@H](N)Cc3ccc(-c4ccc(S(N)(=O)=O)cc4)cc3F)[C@@H]12. The van der Waals surface area contributed by atoms with E-state index in [0.717, 1.165) is 12.3 Å². The number of sulfonamides is 1. The van der Waals surface area contributed by atoms with Gasteiger partial charge in [0, 0.05) is 12.5 Å². The van der Waals surface area contributed by atoms with Gasteiger partial charge in [0.25, 0.3) is 0 Å². The van der Waals surface area contributed by atoms with Crippen molar-refractivity contribution in [1.82, 2.24) is 10.6 Å². The first-order chi connectivity index (χ1) is 15.1. The minimum atomic E-state index is -3.78. The van der Waals surface area contributed by atoms with Crippen molar-refractivity contribution in [3.05, 3.63) is 53.8 Å². The minimum Gasteiger partial charge on any atom is -0.339 e. The number of nitrogens with two attached hydrogens (primary N) is 2. The number of halogens is 1. The van der Waals surface area contributed by atoms with Gasteiger partial charge in [0.05, 0.1) is 17.1 Å². The fraction of sp³-hybridized carbons (Fsp3) is 0.435. The molecule has 0 unspecified atom stereocenters. The Labute approximate surface area is 186 Å². The van der Waals surface area contributed by atoms with Crippen molar-refractivity contribution in [2.45, 2.75) is 42.9 Å². The van der Waals surface area contributed by atoms with Crippen LogP contribution in [-0.4, -0.2) is 32.6 Å². The van der Waals surface area contributed by atoms with E-state index in [-0.39, 0.29) is 23.3 Å².